The predicted molar refractivity (Wildman–Crippen MR) is 110 cm³/mol. The number of carbonyl (C=O) groups excluding carboxylic acids is 1. The number of H-pyrrole nitrogens is 1. The molecule has 0 unspecified atom stereocenters. The second-order valence-corrected chi connectivity index (χ2v) is 7.36. The Bertz CT molecular complexity index is 1110. The number of aromatic nitrogens is 4. The molecule has 1 saturated heterocycles. The van der Waals surface area contributed by atoms with Gasteiger partial charge in [0.05, 0.1) is 17.1 Å². The first kappa shape index (κ1) is 19.1. The van der Waals surface area contributed by atoms with E-state index >= 15 is 0 Å². The van der Waals surface area contributed by atoms with E-state index in [2.05, 4.69) is 24.9 Å². The van der Waals surface area contributed by atoms with Gasteiger partial charge >= 0.3 is 0 Å². The minimum Gasteiger partial charge on any atom is -0.368 e. The van der Waals surface area contributed by atoms with Crippen LogP contribution >= 0.6 is 0 Å². The highest BCUT2D eigenvalue weighted by Crippen LogP contribution is 2.21. The molecule has 1 aliphatic heterocycles. The van der Waals surface area contributed by atoms with Crippen LogP contribution in [0.2, 0.25) is 0 Å². The lowest BCUT2D eigenvalue weighted by molar-refractivity contribution is 0.0995. The van der Waals surface area contributed by atoms with Crippen molar-refractivity contribution >= 4 is 17.2 Å². The van der Waals surface area contributed by atoms with Gasteiger partial charge in [-0.3, -0.25) is 14.5 Å². The summed E-state index contributed by atoms with van der Waals surface area (Å²) in [5.41, 5.74) is 9.78. The molecule has 0 atom stereocenters. The second kappa shape index (κ2) is 7.67. The van der Waals surface area contributed by atoms with Crippen LogP contribution in [0.3, 0.4) is 0 Å². The van der Waals surface area contributed by atoms with Gasteiger partial charge in [-0.15, -0.1) is 0 Å². The molecule has 0 spiro atoms. The summed E-state index contributed by atoms with van der Waals surface area (Å²) in [6.45, 7) is 8.10. The molecule has 3 aromatic heterocycles. The molecular formula is C20H25N7O2. The van der Waals surface area contributed by atoms with Gasteiger partial charge in [0, 0.05) is 50.6 Å². The maximum atomic E-state index is 12.0. The molecule has 3 aromatic rings. The molecular weight excluding hydrogens is 370 g/mol. The van der Waals surface area contributed by atoms with Gasteiger partial charge in [0.1, 0.15) is 11.3 Å². The molecule has 0 bridgehead atoms. The number of nitrogens with zero attached hydrogens (tertiary/aromatic N) is 5. The zero-order valence-corrected chi connectivity index (χ0v) is 16.7. The number of hydrogen-bond donors (Lipinski definition) is 2. The number of piperazine rings is 1. The van der Waals surface area contributed by atoms with Gasteiger partial charge in [0.25, 0.3) is 11.5 Å². The molecule has 152 valence electrons. The van der Waals surface area contributed by atoms with Crippen LogP contribution in [0.4, 0.5) is 5.69 Å². The van der Waals surface area contributed by atoms with Crippen molar-refractivity contribution in [3.8, 4) is 0 Å². The molecule has 1 fully saturated rings. The van der Waals surface area contributed by atoms with Crippen molar-refractivity contribution in [2.75, 3.05) is 31.1 Å². The topological polar surface area (TPSA) is 113 Å². The van der Waals surface area contributed by atoms with Crippen molar-refractivity contribution in [2.24, 2.45) is 5.73 Å². The van der Waals surface area contributed by atoms with Crippen LogP contribution in [-0.4, -0.2) is 56.6 Å². The molecule has 0 aliphatic carbocycles. The molecule has 0 radical (unpaired) electrons. The Morgan fingerprint density at radius 3 is 2.66 bits per heavy atom. The lowest BCUT2D eigenvalue weighted by atomic mass is 10.2. The number of hydrogen-bond acceptors (Lipinski definition) is 6. The summed E-state index contributed by atoms with van der Waals surface area (Å²) in [5, 5.41) is 4.61. The molecule has 3 N–H and O–H groups in total. The van der Waals surface area contributed by atoms with E-state index in [1.54, 1.807) is 16.8 Å². The van der Waals surface area contributed by atoms with Crippen LogP contribution < -0.4 is 16.2 Å². The normalized spacial score (nSPS) is 15.2. The highest BCUT2D eigenvalue weighted by Gasteiger charge is 2.20. The van der Waals surface area contributed by atoms with E-state index in [9.17, 15) is 9.59 Å². The Hall–Kier alpha value is -3.20. The summed E-state index contributed by atoms with van der Waals surface area (Å²) in [6, 6.07) is 5.53. The number of nitrogens with two attached hydrogens (primary N) is 1. The third kappa shape index (κ3) is 3.86. The molecule has 9 nitrogen and oxygen atoms in total. The molecule has 0 saturated carbocycles. The average Bonchev–Trinajstić information content (AvgIpc) is 3.08. The maximum absolute atomic E-state index is 12.0. The number of fused-ring (bicyclic) bond motifs is 1. The maximum Gasteiger partial charge on any atom is 0.267 e. The first-order chi connectivity index (χ1) is 13.9. The third-order valence-electron chi connectivity index (χ3n) is 5.39. The van der Waals surface area contributed by atoms with Crippen LogP contribution in [-0.2, 0) is 13.0 Å². The Morgan fingerprint density at radius 1 is 1.24 bits per heavy atom. The Labute approximate surface area is 168 Å². The van der Waals surface area contributed by atoms with Crippen molar-refractivity contribution in [1.82, 2.24) is 24.5 Å². The number of pyridine rings is 1. The van der Waals surface area contributed by atoms with Gasteiger partial charge in [0.2, 0.25) is 0 Å². The number of aryl methyl sites for hydroxylation is 2. The highest BCUT2D eigenvalue weighted by molar-refractivity contribution is 5.91. The van der Waals surface area contributed by atoms with E-state index in [1.165, 1.54) is 0 Å². The third-order valence-corrected chi connectivity index (χ3v) is 5.39. The Kier molecular flexibility index (Phi) is 5.06. The summed E-state index contributed by atoms with van der Waals surface area (Å²) < 4.78 is 1.75. The Morgan fingerprint density at radius 2 is 2.00 bits per heavy atom. The summed E-state index contributed by atoms with van der Waals surface area (Å²) in [5.74, 6) is -0.510. The quantitative estimate of drug-likeness (QED) is 0.658. The van der Waals surface area contributed by atoms with Crippen molar-refractivity contribution in [1.29, 1.82) is 0 Å². The molecule has 4 rings (SSSR count). The number of primary amides is 1. The van der Waals surface area contributed by atoms with Crippen LogP contribution in [0.1, 0.15) is 34.4 Å². The smallest absolute Gasteiger partial charge is 0.267 e. The van der Waals surface area contributed by atoms with Crippen molar-refractivity contribution in [3.05, 3.63) is 57.4 Å². The molecule has 29 heavy (non-hydrogen) atoms. The Balaban J connectivity index is 1.42. The summed E-state index contributed by atoms with van der Waals surface area (Å²) in [4.78, 5) is 35.1. The number of amides is 1. The fourth-order valence-electron chi connectivity index (χ4n) is 3.77. The van der Waals surface area contributed by atoms with E-state index in [0.717, 1.165) is 61.0 Å². The highest BCUT2D eigenvalue weighted by atomic mass is 16.1. The fourth-order valence-corrected chi connectivity index (χ4v) is 3.77. The van der Waals surface area contributed by atoms with Gasteiger partial charge in [-0.2, -0.15) is 5.10 Å². The van der Waals surface area contributed by atoms with Gasteiger partial charge in [-0.1, -0.05) is 6.92 Å². The number of nitrogens with one attached hydrogen (secondary N) is 1. The number of aromatic amines is 1. The van der Waals surface area contributed by atoms with Crippen molar-refractivity contribution in [2.45, 2.75) is 26.8 Å². The first-order valence-corrected chi connectivity index (χ1v) is 9.80. The first-order valence-electron chi connectivity index (χ1n) is 9.80. The largest absolute Gasteiger partial charge is 0.368 e. The zero-order chi connectivity index (χ0) is 20.5. The molecule has 1 aliphatic rings. The van der Waals surface area contributed by atoms with E-state index in [4.69, 9.17) is 5.73 Å². The lowest BCUT2D eigenvalue weighted by Crippen LogP contribution is -2.46. The van der Waals surface area contributed by atoms with Crippen LogP contribution in [0.15, 0.2) is 29.2 Å². The van der Waals surface area contributed by atoms with Gasteiger partial charge in [-0.05, 0) is 25.5 Å². The lowest BCUT2D eigenvalue weighted by Gasteiger charge is -2.36. The SMILES string of the molecule is CCc1cn2nc(CN3CCN(c4ccc(C(N)=O)nc4C)CC3)cc2[nH]c1=O. The van der Waals surface area contributed by atoms with E-state index < -0.39 is 5.91 Å². The number of rotatable bonds is 5. The molecule has 1 amide bonds. The molecule has 0 aromatic carbocycles. The number of anilines is 1. The average molecular weight is 395 g/mol. The van der Waals surface area contributed by atoms with Gasteiger partial charge < -0.3 is 15.6 Å². The van der Waals surface area contributed by atoms with Crippen LogP contribution in [0.5, 0.6) is 0 Å². The van der Waals surface area contributed by atoms with Crippen LogP contribution in [0.25, 0.3) is 5.65 Å². The van der Waals surface area contributed by atoms with Crippen molar-refractivity contribution < 1.29 is 4.79 Å². The molecule has 4 heterocycles. The van der Waals surface area contributed by atoms with Gasteiger partial charge in [-0.25, -0.2) is 9.50 Å². The monoisotopic (exact) mass is 395 g/mol. The number of carbonyl (C=O) groups is 1. The molecule has 9 heteroatoms. The zero-order valence-electron chi connectivity index (χ0n) is 16.7. The minimum absolute atomic E-state index is 0.0496. The van der Waals surface area contributed by atoms with Crippen LogP contribution in [0, 0.1) is 6.92 Å². The fraction of sp³-hybridized carbons (Fsp3) is 0.400. The minimum atomic E-state index is -0.510. The van der Waals surface area contributed by atoms with Crippen molar-refractivity contribution in [3.63, 3.8) is 0 Å². The summed E-state index contributed by atoms with van der Waals surface area (Å²) in [6.07, 6.45) is 2.48. The standard InChI is InChI=1S/C20H25N7O2/c1-3-14-11-27-18(23-20(14)29)10-15(24-27)12-25-6-8-26(9-7-25)17-5-4-16(19(21)28)22-13(17)2/h4-5,10-11H,3,6-9,12H2,1-2H3,(H2,21,28)(H,23,29). The van der Waals surface area contributed by atoms with E-state index in [0.29, 0.717) is 12.1 Å². The second-order valence-electron chi connectivity index (χ2n) is 7.36. The van der Waals surface area contributed by atoms with E-state index in [1.807, 2.05) is 26.0 Å². The van der Waals surface area contributed by atoms with E-state index in [-0.39, 0.29) is 5.56 Å². The van der Waals surface area contributed by atoms with Gasteiger partial charge in [0.15, 0.2) is 0 Å². The predicted octanol–water partition coefficient (Wildman–Crippen LogP) is 0.710. The summed E-state index contributed by atoms with van der Waals surface area (Å²) >= 11 is 0. The summed E-state index contributed by atoms with van der Waals surface area (Å²) in [7, 11) is 0.